The number of carbonyl (C=O) groups is 3. The van der Waals surface area contributed by atoms with E-state index in [1.165, 1.54) is 10.0 Å². The first-order chi connectivity index (χ1) is 16.2. The Morgan fingerprint density at radius 1 is 1.15 bits per heavy atom. The molecule has 0 spiro atoms. The number of rotatable bonds is 11. The van der Waals surface area contributed by atoms with E-state index in [2.05, 4.69) is 0 Å². The fourth-order valence-corrected chi connectivity index (χ4v) is 3.86. The minimum Gasteiger partial charge on any atom is -0.381 e. The summed E-state index contributed by atoms with van der Waals surface area (Å²) < 4.78 is 5.41. The number of hydrogen-bond acceptors (Lipinski definition) is 5. The number of hydroxylamine groups is 1. The maximum atomic E-state index is 13.5. The summed E-state index contributed by atoms with van der Waals surface area (Å²) in [6.07, 6.45) is 5.17. The summed E-state index contributed by atoms with van der Waals surface area (Å²) in [5.74, 6) is -1.30. The SMILES string of the molecule is CC(C)CCC(=O)N([C@@H](CC=Cc1ccccc1)C(=O)NO)N(CC(C)C)C(=O)C1CCOC1. The molecule has 0 aliphatic carbocycles. The van der Waals surface area contributed by atoms with Crippen LogP contribution in [-0.2, 0) is 19.1 Å². The molecule has 1 aliphatic rings. The molecule has 1 saturated heterocycles. The molecule has 3 amide bonds. The van der Waals surface area contributed by atoms with Gasteiger partial charge in [-0.1, -0.05) is 70.2 Å². The number of amides is 3. The second-order valence-electron chi connectivity index (χ2n) is 9.59. The average molecular weight is 474 g/mol. The van der Waals surface area contributed by atoms with Crippen molar-refractivity contribution in [3.63, 3.8) is 0 Å². The number of hydrogen-bond donors (Lipinski definition) is 2. The van der Waals surface area contributed by atoms with Gasteiger partial charge in [0.1, 0.15) is 6.04 Å². The van der Waals surface area contributed by atoms with Crippen LogP contribution in [0.3, 0.4) is 0 Å². The highest BCUT2D eigenvalue weighted by molar-refractivity contribution is 5.90. The van der Waals surface area contributed by atoms with E-state index in [9.17, 15) is 19.6 Å². The van der Waals surface area contributed by atoms with Gasteiger partial charge in [0.05, 0.1) is 12.5 Å². The molecule has 1 aliphatic heterocycles. The van der Waals surface area contributed by atoms with Crippen LogP contribution < -0.4 is 5.48 Å². The largest absolute Gasteiger partial charge is 0.381 e. The highest BCUT2D eigenvalue weighted by Crippen LogP contribution is 2.23. The van der Waals surface area contributed by atoms with Crippen LogP contribution >= 0.6 is 0 Å². The first kappa shape index (κ1) is 27.5. The molecule has 8 heteroatoms. The highest BCUT2D eigenvalue weighted by Gasteiger charge is 2.39. The second-order valence-corrected chi connectivity index (χ2v) is 9.59. The van der Waals surface area contributed by atoms with Gasteiger partial charge >= 0.3 is 0 Å². The van der Waals surface area contributed by atoms with Gasteiger partial charge in [-0.05, 0) is 36.7 Å². The molecule has 2 N–H and O–H groups in total. The number of ether oxygens (including phenoxy) is 1. The Bertz CT molecular complexity index is 819. The van der Waals surface area contributed by atoms with Crippen molar-refractivity contribution in [2.45, 2.75) is 59.4 Å². The molecule has 8 nitrogen and oxygen atoms in total. The van der Waals surface area contributed by atoms with Crippen molar-refractivity contribution < 1.29 is 24.3 Å². The van der Waals surface area contributed by atoms with Crippen LogP contribution in [0.25, 0.3) is 6.08 Å². The Kier molecular flexibility index (Phi) is 11.2. The van der Waals surface area contributed by atoms with Crippen molar-refractivity contribution in [2.75, 3.05) is 19.8 Å². The van der Waals surface area contributed by atoms with Crippen molar-refractivity contribution in [1.29, 1.82) is 0 Å². The normalized spacial score (nSPS) is 16.7. The highest BCUT2D eigenvalue weighted by atomic mass is 16.5. The fourth-order valence-electron chi connectivity index (χ4n) is 3.86. The lowest BCUT2D eigenvalue weighted by Crippen LogP contribution is -2.60. The van der Waals surface area contributed by atoms with Crippen molar-refractivity contribution in [3.05, 3.63) is 42.0 Å². The fraction of sp³-hybridized carbons (Fsp3) is 0.577. The third kappa shape index (κ3) is 8.25. The second kappa shape index (κ2) is 13.9. The smallest absolute Gasteiger partial charge is 0.268 e. The number of nitrogens with one attached hydrogen (secondary N) is 1. The van der Waals surface area contributed by atoms with Gasteiger partial charge in [-0.25, -0.2) is 10.5 Å². The van der Waals surface area contributed by atoms with Crippen LogP contribution in [0, 0.1) is 17.8 Å². The van der Waals surface area contributed by atoms with E-state index in [4.69, 9.17) is 4.74 Å². The summed E-state index contributed by atoms with van der Waals surface area (Å²) in [5.41, 5.74) is 2.65. The molecule has 0 aromatic heterocycles. The number of nitrogens with zero attached hydrogens (tertiary/aromatic N) is 2. The summed E-state index contributed by atoms with van der Waals surface area (Å²) in [5, 5.41) is 12.2. The van der Waals surface area contributed by atoms with E-state index in [0.717, 1.165) is 5.56 Å². The van der Waals surface area contributed by atoms with Gasteiger partial charge in [0, 0.05) is 19.6 Å². The number of carbonyl (C=O) groups excluding carboxylic acids is 3. The van der Waals surface area contributed by atoms with Crippen LogP contribution in [0.5, 0.6) is 0 Å². The van der Waals surface area contributed by atoms with Crippen LogP contribution in [0.4, 0.5) is 0 Å². The van der Waals surface area contributed by atoms with Crippen LogP contribution in [0.2, 0.25) is 0 Å². The Labute approximate surface area is 202 Å². The Morgan fingerprint density at radius 2 is 1.85 bits per heavy atom. The number of hydrazine groups is 1. The molecular formula is C26H39N3O5. The Hall–Kier alpha value is -2.71. The van der Waals surface area contributed by atoms with Crippen molar-refractivity contribution in [1.82, 2.24) is 15.5 Å². The zero-order valence-electron chi connectivity index (χ0n) is 20.8. The predicted octanol–water partition coefficient (Wildman–Crippen LogP) is 3.66. The lowest BCUT2D eigenvalue weighted by atomic mass is 10.0. The van der Waals surface area contributed by atoms with Gasteiger partial charge in [0.15, 0.2) is 0 Å². The molecule has 1 heterocycles. The van der Waals surface area contributed by atoms with Gasteiger partial charge in [-0.2, -0.15) is 0 Å². The predicted molar refractivity (Wildman–Crippen MR) is 130 cm³/mol. The molecule has 2 rings (SSSR count). The maximum Gasteiger partial charge on any atom is 0.268 e. The van der Waals surface area contributed by atoms with Crippen molar-refractivity contribution in [3.8, 4) is 0 Å². The van der Waals surface area contributed by atoms with Crippen LogP contribution in [0.1, 0.15) is 58.9 Å². The molecular weight excluding hydrogens is 434 g/mol. The van der Waals surface area contributed by atoms with E-state index < -0.39 is 11.9 Å². The third-order valence-electron chi connectivity index (χ3n) is 5.70. The van der Waals surface area contributed by atoms with E-state index in [1.807, 2.05) is 64.1 Å². The van der Waals surface area contributed by atoms with Gasteiger partial charge in [-0.15, -0.1) is 0 Å². The van der Waals surface area contributed by atoms with Gasteiger partial charge in [0.25, 0.3) is 5.91 Å². The van der Waals surface area contributed by atoms with Gasteiger partial charge < -0.3 is 4.74 Å². The number of benzene rings is 1. The quantitative estimate of drug-likeness (QED) is 0.377. The zero-order chi connectivity index (χ0) is 25.1. The maximum absolute atomic E-state index is 13.5. The summed E-state index contributed by atoms with van der Waals surface area (Å²) in [6, 6.07) is 8.51. The molecule has 0 radical (unpaired) electrons. The summed E-state index contributed by atoms with van der Waals surface area (Å²) in [4.78, 5) is 39.8. The summed E-state index contributed by atoms with van der Waals surface area (Å²) in [6.45, 7) is 9.02. The first-order valence-corrected chi connectivity index (χ1v) is 12.1. The molecule has 0 bridgehead atoms. The van der Waals surface area contributed by atoms with Crippen LogP contribution in [0.15, 0.2) is 36.4 Å². The summed E-state index contributed by atoms with van der Waals surface area (Å²) in [7, 11) is 0. The topological polar surface area (TPSA) is 99.2 Å². The molecule has 188 valence electrons. The van der Waals surface area contributed by atoms with E-state index >= 15 is 0 Å². The monoisotopic (exact) mass is 473 g/mol. The minimum absolute atomic E-state index is 0.0596. The molecule has 1 aromatic rings. The Balaban J connectivity index is 2.42. The molecule has 0 saturated carbocycles. The lowest BCUT2D eigenvalue weighted by Gasteiger charge is -2.41. The molecule has 34 heavy (non-hydrogen) atoms. The molecule has 1 unspecified atom stereocenters. The van der Waals surface area contributed by atoms with Crippen molar-refractivity contribution in [2.24, 2.45) is 17.8 Å². The molecule has 1 fully saturated rings. The molecule has 1 aromatic carbocycles. The third-order valence-corrected chi connectivity index (χ3v) is 5.70. The lowest BCUT2D eigenvalue weighted by molar-refractivity contribution is -0.177. The van der Waals surface area contributed by atoms with E-state index in [-0.39, 0.29) is 49.0 Å². The minimum atomic E-state index is -1.07. The van der Waals surface area contributed by atoms with Gasteiger partial charge in [-0.3, -0.25) is 24.6 Å². The Morgan fingerprint density at radius 3 is 2.41 bits per heavy atom. The van der Waals surface area contributed by atoms with Gasteiger partial charge in [0.2, 0.25) is 11.8 Å². The van der Waals surface area contributed by atoms with E-state index in [0.29, 0.717) is 26.1 Å². The summed E-state index contributed by atoms with van der Waals surface area (Å²) >= 11 is 0. The van der Waals surface area contributed by atoms with E-state index in [1.54, 1.807) is 11.6 Å². The first-order valence-electron chi connectivity index (χ1n) is 12.1. The zero-order valence-corrected chi connectivity index (χ0v) is 20.8. The standard InChI is InChI=1S/C26H39N3O5/c1-19(2)13-14-24(30)29(28(17-20(3)4)26(32)22-15-16-34-18-22)23(25(31)27-33)12-8-11-21-9-6-5-7-10-21/h5-11,19-20,22-23,33H,12-18H2,1-4H3,(H,27,31)/t22?,23-/m0/s1. The molecule has 2 atom stereocenters. The van der Waals surface area contributed by atoms with Crippen LogP contribution in [-0.4, -0.2) is 58.7 Å². The average Bonchev–Trinajstić information content (AvgIpc) is 3.35. The van der Waals surface area contributed by atoms with Crippen molar-refractivity contribution >= 4 is 23.8 Å².